The number of halogens is 1. The van der Waals surface area contributed by atoms with E-state index in [9.17, 15) is 4.79 Å². The van der Waals surface area contributed by atoms with Gasteiger partial charge in [0, 0.05) is 12.6 Å². The van der Waals surface area contributed by atoms with Crippen LogP contribution in [0.4, 0.5) is 0 Å². The summed E-state index contributed by atoms with van der Waals surface area (Å²) in [6, 6.07) is 10.3. The summed E-state index contributed by atoms with van der Waals surface area (Å²) in [4.78, 5) is 12.3. The van der Waals surface area contributed by atoms with E-state index in [1.165, 1.54) is 12.8 Å². The van der Waals surface area contributed by atoms with Crippen molar-refractivity contribution in [2.45, 2.75) is 45.6 Å². The largest absolute Gasteiger partial charge is 0.354 e. The molecule has 3 nitrogen and oxygen atoms in total. The summed E-state index contributed by atoms with van der Waals surface area (Å²) in [5.74, 6) is 0.0160. The van der Waals surface area contributed by atoms with E-state index < -0.39 is 0 Å². The Bertz CT molecular complexity index is 447. The van der Waals surface area contributed by atoms with Crippen molar-refractivity contribution in [2.75, 3.05) is 13.1 Å². The number of amides is 1. The molecule has 118 valence electrons. The van der Waals surface area contributed by atoms with Crippen LogP contribution in [0.15, 0.2) is 30.3 Å². The first-order valence-electron chi connectivity index (χ1n) is 7.57. The molecular weight excluding hydrogens is 284 g/mol. The van der Waals surface area contributed by atoms with Gasteiger partial charge in [-0.2, -0.15) is 0 Å². The molecule has 2 unspecified atom stereocenters. The quantitative estimate of drug-likeness (QED) is 0.897. The molecule has 1 heterocycles. The second kappa shape index (κ2) is 7.81. The average Bonchev–Trinajstić information content (AvgIpc) is 2.45. The number of piperidine rings is 1. The minimum atomic E-state index is -0.0945. The summed E-state index contributed by atoms with van der Waals surface area (Å²) in [6.45, 7) is 8.28. The zero-order valence-electron chi connectivity index (χ0n) is 13.2. The Labute approximate surface area is 134 Å². The molecule has 0 spiro atoms. The minimum Gasteiger partial charge on any atom is -0.354 e. The van der Waals surface area contributed by atoms with E-state index in [4.69, 9.17) is 0 Å². The summed E-state index contributed by atoms with van der Waals surface area (Å²) < 4.78 is 0. The molecule has 4 heteroatoms. The number of hydrogen-bond donors (Lipinski definition) is 2. The number of carbonyl (C=O) groups excluding carboxylic acids is 1. The molecule has 2 rings (SSSR count). The third-order valence-corrected chi connectivity index (χ3v) is 4.51. The van der Waals surface area contributed by atoms with Gasteiger partial charge in [-0.25, -0.2) is 0 Å². The molecule has 0 aliphatic carbocycles. The van der Waals surface area contributed by atoms with E-state index in [2.05, 4.69) is 24.5 Å². The van der Waals surface area contributed by atoms with E-state index in [1.54, 1.807) is 0 Å². The molecule has 1 aromatic rings. The van der Waals surface area contributed by atoms with Gasteiger partial charge in [0.05, 0.1) is 5.92 Å². The maximum absolute atomic E-state index is 12.3. The number of benzene rings is 1. The molecule has 0 aromatic heterocycles. The monoisotopic (exact) mass is 310 g/mol. The topological polar surface area (TPSA) is 41.1 Å². The number of carbonyl (C=O) groups is 1. The van der Waals surface area contributed by atoms with Crippen LogP contribution in [-0.2, 0) is 4.79 Å². The highest BCUT2D eigenvalue weighted by Crippen LogP contribution is 2.29. The molecule has 0 saturated carbocycles. The highest BCUT2D eigenvalue weighted by molar-refractivity contribution is 5.85. The Morgan fingerprint density at radius 2 is 2.05 bits per heavy atom. The molecule has 1 aliphatic rings. The van der Waals surface area contributed by atoms with E-state index in [0.29, 0.717) is 12.6 Å². The molecule has 0 bridgehead atoms. The molecule has 1 amide bonds. The van der Waals surface area contributed by atoms with Gasteiger partial charge in [0.25, 0.3) is 0 Å². The standard InChI is InChI=1S/C17H26N2O.ClH/c1-13(14-8-5-4-6-9-14)16(20)19-12-15-17(2,3)10-7-11-18-15;/h4-6,8-9,13,15,18H,7,10-12H2,1-3H3,(H,19,20);1H. The van der Waals surface area contributed by atoms with Crippen molar-refractivity contribution in [3.05, 3.63) is 35.9 Å². The van der Waals surface area contributed by atoms with Crippen LogP contribution >= 0.6 is 12.4 Å². The predicted molar refractivity (Wildman–Crippen MR) is 89.9 cm³/mol. The summed E-state index contributed by atoms with van der Waals surface area (Å²) in [5, 5.41) is 6.63. The molecule has 1 aliphatic heterocycles. The SMILES string of the molecule is CC(C(=O)NCC1NCCCC1(C)C)c1ccccc1.Cl. The van der Waals surface area contributed by atoms with Gasteiger partial charge < -0.3 is 10.6 Å². The van der Waals surface area contributed by atoms with Crippen molar-refractivity contribution in [3.8, 4) is 0 Å². The van der Waals surface area contributed by atoms with Gasteiger partial charge in [0.1, 0.15) is 0 Å². The van der Waals surface area contributed by atoms with Crippen LogP contribution in [0, 0.1) is 5.41 Å². The zero-order chi connectivity index (χ0) is 14.6. The molecule has 2 N–H and O–H groups in total. The first kappa shape index (κ1) is 18.0. The number of hydrogen-bond acceptors (Lipinski definition) is 2. The van der Waals surface area contributed by atoms with E-state index in [1.807, 2.05) is 37.3 Å². The first-order chi connectivity index (χ1) is 9.50. The predicted octanol–water partition coefficient (Wildman–Crippen LogP) is 3.11. The number of nitrogens with one attached hydrogen (secondary N) is 2. The molecule has 21 heavy (non-hydrogen) atoms. The smallest absolute Gasteiger partial charge is 0.227 e. The van der Waals surface area contributed by atoms with Crippen molar-refractivity contribution < 1.29 is 4.79 Å². The second-order valence-electron chi connectivity index (χ2n) is 6.48. The van der Waals surface area contributed by atoms with E-state index in [0.717, 1.165) is 12.1 Å². The van der Waals surface area contributed by atoms with Gasteiger partial charge in [0.15, 0.2) is 0 Å². The fourth-order valence-electron chi connectivity index (χ4n) is 2.87. The van der Waals surface area contributed by atoms with Crippen LogP contribution in [0.1, 0.15) is 45.1 Å². The molecule has 2 atom stereocenters. The Kier molecular flexibility index (Phi) is 6.69. The van der Waals surface area contributed by atoms with Crippen LogP contribution in [0.2, 0.25) is 0 Å². The molecular formula is C17H27ClN2O. The molecule has 1 fully saturated rings. The van der Waals surface area contributed by atoms with Gasteiger partial charge in [0.2, 0.25) is 5.91 Å². The lowest BCUT2D eigenvalue weighted by Crippen LogP contribution is -2.53. The molecule has 1 saturated heterocycles. The van der Waals surface area contributed by atoms with E-state index >= 15 is 0 Å². The number of rotatable bonds is 4. The van der Waals surface area contributed by atoms with Crippen molar-refractivity contribution in [3.63, 3.8) is 0 Å². The molecule has 1 aromatic carbocycles. The Morgan fingerprint density at radius 1 is 1.38 bits per heavy atom. The summed E-state index contributed by atoms with van der Waals surface area (Å²) in [6.07, 6.45) is 2.44. The molecule has 0 radical (unpaired) electrons. The fourth-order valence-corrected chi connectivity index (χ4v) is 2.87. The average molecular weight is 311 g/mol. The first-order valence-corrected chi connectivity index (χ1v) is 7.57. The van der Waals surface area contributed by atoms with Gasteiger partial charge >= 0.3 is 0 Å². The maximum Gasteiger partial charge on any atom is 0.227 e. The van der Waals surface area contributed by atoms with Crippen molar-refractivity contribution in [2.24, 2.45) is 5.41 Å². The van der Waals surface area contributed by atoms with Crippen LogP contribution in [0.25, 0.3) is 0 Å². The third-order valence-electron chi connectivity index (χ3n) is 4.51. The summed E-state index contributed by atoms with van der Waals surface area (Å²) >= 11 is 0. The second-order valence-corrected chi connectivity index (χ2v) is 6.48. The van der Waals surface area contributed by atoms with Gasteiger partial charge in [-0.15, -0.1) is 12.4 Å². The lowest BCUT2D eigenvalue weighted by atomic mass is 9.77. The summed E-state index contributed by atoms with van der Waals surface area (Å²) in [7, 11) is 0. The zero-order valence-corrected chi connectivity index (χ0v) is 14.0. The lowest BCUT2D eigenvalue weighted by molar-refractivity contribution is -0.122. The van der Waals surface area contributed by atoms with Crippen molar-refractivity contribution in [1.29, 1.82) is 0 Å². The van der Waals surface area contributed by atoms with Gasteiger partial charge in [-0.3, -0.25) is 4.79 Å². The Hall–Kier alpha value is -1.06. The minimum absolute atomic E-state index is 0. The van der Waals surface area contributed by atoms with Crippen LogP contribution in [0.3, 0.4) is 0 Å². The van der Waals surface area contributed by atoms with Crippen LogP contribution in [0.5, 0.6) is 0 Å². The normalized spacial score (nSPS) is 22.0. The summed E-state index contributed by atoms with van der Waals surface area (Å²) in [5.41, 5.74) is 1.32. The third kappa shape index (κ3) is 4.72. The van der Waals surface area contributed by atoms with Crippen LogP contribution < -0.4 is 10.6 Å². The highest BCUT2D eigenvalue weighted by Gasteiger charge is 2.32. The van der Waals surface area contributed by atoms with Crippen LogP contribution in [-0.4, -0.2) is 25.0 Å². The van der Waals surface area contributed by atoms with E-state index in [-0.39, 0.29) is 29.6 Å². The van der Waals surface area contributed by atoms with Crippen molar-refractivity contribution >= 4 is 18.3 Å². The van der Waals surface area contributed by atoms with Crippen molar-refractivity contribution in [1.82, 2.24) is 10.6 Å². The highest BCUT2D eigenvalue weighted by atomic mass is 35.5. The Morgan fingerprint density at radius 3 is 2.67 bits per heavy atom. The Balaban J connectivity index is 0.00000220. The maximum atomic E-state index is 12.3. The fraction of sp³-hybridized carbons (Fsp3) is 0.588. The van der Waals surface area contributed by atoms with Gasteiger partial charge in [-0.05, 0) is 37.3 Å². The van der Waals surface area contributed by atoms with Gasteiger partial charge in [-0.1, -0.05) is 44.2 Å². The lowest BCUT2D eigenvalue weighted by Gasteiger charge is -2.39.